The van der Waals surface area contributed by atoms with Crippen molar-refractivity contribution in [2.24, 2.45) is 5.92 Å². The molecule has 4 nitrogen and oxygen atoms in total. The van der Waals surface area contributed by atoms with Crippen molar-refractivity contribution >= 4 is 5.91 Å². The number of benzene rings is 1. The van der Waals surface area contributed by atoms with E-state index in [9.17, 15) is 4.79 Å². The van der Waals surface area contributed by atoms with Crippen molar-refractivity contribution in [2.75, 3.05) is 32.9 Å². The van der Waals surface area contributed by atoms with Gasteiger partial charge in [0.25, 0.3) is 0 Å². The molecule has 2 saturated heterocycles. The van der Waals surface area contributed by atoms with Crippen LogP contribution in [0.3, 0.4) is 0 Å². The summed E-state index contributed by atoms with van der Waals surface area (Å²) in [6.07, 6.45) is 3.86. The Hall–Kier alpha value is -1.55. The molecule has 0 N–H and O–H groups in total. The van der Waals surface area contributed by atoms with E-state index in [-0.39, 0.29) is 5.92 Å². The van der Waals surface area contributed by atoms with Gasteiger partial charge in [-0.05, 0) is 36.5 Å². The predicted octanol–water partition coefficient (Wildman–Crippen LogP) is 2.36. The third kappa shape index (κ3) is 2.60. The number of hydrogen-bond acceptors (Lipinski definition) is 3. The summed E-state index contributed by atoms with van der Waals surface area (Å²) in [5, 5.41) is 0. The zero-order valence-corrected chi connectivity index (χ0v) is 12.9. The molecular formula is C18H23NO3. The number of carbonyl (C=O) groups excluding carboxylic acids is 1. The molecule has 0 bridgehead atoms. The number of amides is 1. The normalized spacial score (nSPS) is 25.1. The molecule has 1 amide bonds. The van der Waals surface area contributed by atoms with Crippen LogP contribution in [0.5, 0.6) is 5.75 Å². The van der Waals surface area contributed by atoms with E-state index in [1.807, 2.05) is 0 Å². The highest BCUT2D eigenvalue weighted by atomic mass is 16.5. The van der Waals surface area contributed by atoms with Crippen LogP contribution in [0.25, 0.3) is 0 Å². The van der Waals surface area contributed by atoms with E-state index in [0.717, 1.165) is 64.3 Å². The molecule has 0 saturated carbocycles. The van der Waals surface area contributed by atoms with Gasteiger partial charge in [-0.15, -0.1) is 0 Å². The van der Waals surface area contributed by atoms with E-state index in [1.165, 1.54) is 11.1 Å². The zero-order chi connectivity index (χ0) is 14.9. The molecule has 0 aliphatic carbocycles. The van der Waals surface area contributed by atoms with E-state index in [0.29, 0.717) is 11.8 Å². The summed E-state index contributed by atoms with van der Waals surface area (Å²) < 4.78 is 10.9. The highest BCUT2D eigenvalue weighted by Gasteiger charge is 2.32. The van der Waals surface area contributed by atoms with Gasteiger partial charge in [0, 0.05) is 44.6 Å². The number of hydrogen-bond donors (Lipinski definition) is 0. The second-order valence-electron chi connectivity index (χ2n) is 6.62. The van der Waals surface area contributed by atoms with Gasteiger partial charge in [0.1, 0.15) is 5.75 Å². The van der Waals surface area contributed by atoms with Crippen molar-refractivity contribution < 1.29 is 14.3 Å². The van der Waals surface area contributed by atoms with Crippen LogP contribution in [0, 0.1) is 5.92 Å². The lowest BCUT2D eigenvalue weighted by Gasteiger charge is -2.26. The van der Waals surface area contributed by atoms with Crippen LogP contribution in [-0.4, -0.2) is 43.7 Å². The summed E-state index contributed by atoms with van der Waals surface area (Å²) in [7, 11) is 0. The molecule has 3 aliphatic heterocycles. The van der Waals surface area contributed by atoms with Gasteiger partial charge in [0.2, 0.25) is 5.91 Å². The minimum Gasteiger partial charge on any atom is -0.493 e. The maximum absolute atomic E-state index is 12.6. The van der Waals surface area contributed by atoms with Crippen molar-refractivity contribution in [3.63, 3.8) is 0 Å². The average molecular weight is 301 g/mol. The van der Waals surface area contributed by atoms with Crippen molar-refractivity contribution in [2.45, 2.75) is 31.6 Å². The SMILES string of the molecule is O=C(C1CCOCC1)N1CC[C@H](c2ccc3c(c2)CCO3)C1. The summed E-state index contributed by atoms with van der Waals surface area (Å²) >= 11 is 0. The number of rotatable bonds is 2. The maximum atomic E-state index is 12.6. The summed E-state index contributed by atoms with van der Waals surface area (Å²) in [6, 6.07) is 6.56. The van der Waals surface area contributed by atoms with Crippen molar-refractivity contribution in [1.29, 1.82) is 0 Å². The van der Waals surface area contributed by atoms with Crippen LogP contribution in [0.1, 0.15) is 36.3 Å². The van der Waals surface area contributed by atoms with Gasteiger partial charge in [-0.2, -0.15) is 0 Å². The lowest BCUT2D eigenvalue weighted by molar-refractivity contribution is -0.137. The third-order valence-electron chi connectivity index (χ3n) is 5.26. The standard InChI is InChI=1S/C18H23NO3/c20-18(13-4-8-21-9-5-13)19-7-3-16(12-19)14-1-2-17-15(11-14)6-10-22-17/h1-2,11,13,16H,3-10,12H2/t16-/m0/s1. The van der Waals surface area contributed by atoms with Crippen LogP contribution in [0.15, 0.2) is 18.2 Å². The minimum atomic E-state index is 0.181. The monoisotopic (exact) mass is 301 g/mol. The quantitative estimate of drug-likeness (QED) is 0.842. The van der Waals surface area contributed by atoms with Gasteiger partial charge in [-0.1, -0.05) is 12.1 Å². The molecule has 1 aromatic rings. The lowest BCUT2D eigenvalue weighted by Crippen LogP contribution is -2.37. The summed E-state index contributed by atoms with van der Waals surface area (Å²) in [4.78, 5) is 14.7. The molecule has 4 rings (SSSR count). The molecule has 0 aromatic heterocycles. The first-order valence-corrected chi connectivity index (χ1v) is 8.43. The van der Waals surface area contributed by atoms with Gasteiger partial charge in [0.15, 0.2) is 0 Å². The van der Waals surface area contributed by atoms with Gasteiger partial charge in [-0.3, -0.25) is 4.79 Å². The van der Waals surface area contributed by atoms with Crippen molar-refractivity contribution in [3.05, 3.63) is 29.3 Å². The highest BCUT2D eigenvalue weighted by molar-refractivity contribution is 5.79. The van der Waals surface area contributed by atoms with Crippen LogP contribution >= 0.6 is 0 Å². The van der Waals surface area contributed by atoms with Gasteiger partial charge >= 0.3 is 0 Å². The van der Waals surface area contributed by atoms with Crippen molar-refractivity contribution in [1.82, 2.24) is 4.90 Å². The van der Waals surface area contributed by atoms with E-state index in [2.05, 4.69) is 23.1 Å². The molecule has 4 heteroatoms. The second-order valence-corrected chi connectivity index (χ2v) is 6.62. The Bertz CT molecular complexity index is 565. The van der Waals surface area contributed by atoms with Gasteiger partial charge in [0.05, 0.1) is 6.61 Å². The molecule has 3 heterocycles. The fraction of sp³-hybridized carbons (Fsp3) is 0.611. The smallest absolute Gasteiger partial charge is 0.225 e. The number of nitrogens with zero attached hydrogens (tertiary/aromatic N) is 1. The van der Waals surface area contributed by atoms with Crippen LogP contribution in [-0.2, 0) is 16.0 Å². The first kappa shape index (κ1) is 14.1. The van der Waals surface area contributed by atoms with E-state index >= 15 is 0 Å². The number of likely N-dealkylation sites (tertiary alicyclic amines) is 1. The van der Waals surface area contributed by atoms with Crippen LogP contribution in [0.4, 0.5) is 0 Å². The average Bonchev–Trinajstić information content (AvgIpc) is 3.23. The zero-order valence-electron chi connectivity index (χ0n) is 12.9. The topological polar surface area (TPSA) is 38.8 Å². The molecule has 22 heavy (non-hydrogen) atoms. The fourth-order valence-corrected chi connectivity index (χ4v) is 3.90. The minimum absolute atomic E-state index is 0.181. The predicted molar refractivity (Wildman–Crippen MR) is 83.1 cm³/mol. The van der Waals surface area contributed by atoms with E-state index < -0.39 is 0 Å². The fourth-order valence-electron chi connectivity index (χ4n) is 3.90. The van der Waals surface area contributed by atoms with Gasteiger partial charge < -0.3 is 14.4 Å². The Labute approximate surface area is 131 Å². The Morgan fingerprint density at radius 1 is 1.14 bits per heavy atom. The highest BCUT2D eigenvalue weighted by Crippen LogP contribution is 2.33. The van der Waals surface area contributed by atoms with E-state index in [1.54, 1.807) is 0 Å². The molecule has 0 spiro atoms. The summed E-state index contributed by atoms with van der Waals surface area (Å²) in [6.45, 7) is 4.04. The largest absolute Gasteiger partial charge is 0.493 e. The third-order valence-corrected chi connectivity index (χ3v) is 5.26. The van der Waals surface area contributed by atoms with Crippen LogP contribution < -0.4 is 4.74 Å². The second kappa shape index (κ2) is 5.92. The number of ether oxygens (including phenoxy) is 2. The molecule has 0 unspecified atom stereocenters. The molecule has 2 fully saturated rings. The molecule has 0 radical (unpaired) electrons. The Balaban J connectivity index is 1.42. The Morgan fingerprint density at radius 3 is 2.86 bits per heavy atom. The molecular weight excluding hydrogens is 278 g/mol. The Kier molecular flexibility index (Phi) is 3.78. The maximum Gasteiger partial charge on any atom is 0.225 e. The number of fused-ring (bicyclic) bond motifs is 1. The van der Waals surface area contributed by atoms with Crippen LogP contribution in [0.2, 0.25) is 0 Å². The first-order valence-electron chi connectivity index (χ1n) is 8.43. The first-order chi connectivity index (χ1) is 10.8. The Morgan fingerprint density at radius 2 is 2.00 bits per heavy atom. The molecule has 1 aromatic carbocycles. The summed E-state index contributed by atoms with van der Waals surface area (Å²) in [5.41, 5.74) is 2.69. The number of carbonyl (C=O) groups is 1. The molecule has 118 valence electrons. The van der Waals surface area contributed by atoms with Crippen molar-refractivity contribution in [3.8, 4) is 5.75 Å². The van der Waals surface area contributed by atoms with E-state index in [4.69, 9.17) is 9.47 Å². The lowest BCUT2D eigenvalue weighted by atomic mass is 9.95. The molecule has 3 aliphatic rings. The molecule has 1 atom stereocenters. The van der Waals surface area contributed by atoms with Gasteiger partial charge in [-0.25, -0.2) is 0 Å². The summed E-state index contributed by atoms with van der Waals surface area (Å²) in [5.74, 6) is 2.04.